The number of ketones is 1. The lowest BCUT2D eigenvalue weighted by Crippen LogP contribution is -2.59. The first-order valence-corrected chi connectivity index (χ1v) is 8.98. The fourth-order valence-corrected chi connectivity index (χ4v) is 2.90. The molecule has 1 aliphatic rings. The average molecular weight is 415 g/mol. The molecule has 1 fully saturated rings. The highest BCUT2D eigenvalue weighted by Crippen LogP contribution is 2.37. The number of nitrogens with two attached hydrogens (primary N) is 1. The number of Topliss-reactive ketones (excluding diaryl/α,β-unsaturated/α-hetero) is 1. The fourth-order valence-electron chi connectivity index (χ4n) is 2.90. The van der Waals surface area contributed by atoms with Crippen molar-refractivity contribution >= 4 is 17.6 Å². The van der Waals surface area contributed by atoms with E-state index in [4.69, 9.17) is 5.73 Å². The Labute approximate surface area is 160 Å². The quantitative estimate of drug-likeness (QED) is 0.621. The highest BCUT2D eigenvalue weighted by Gasteiger charge is 2.64. The summed E-state index contributed by atoms with van der Waals surface area (Å²) < 4.78 is 64.5. The number of hydrogen-bond acceptors (Lipinski definition) is 4. The summed E-state index contributed by atoms with van der Waals surface area (Å²) in [6.45, 7) is 6.10. The van der Waals surface area contributed by atoms with Gasteiger partial charge in [-0.3, -0.25) is 14.4 Å². The van der Waals surface area contributed by atoms with Gasteiger partial charge in [0, 0.05) is 6.54 Å². The van der Waals surface area contributed by atoms with Gasteiger partial charge in [0.2, 0.25) is 17.6 Å². The van der Waals surface area contributed by atoms with Gasteiger partial charge in [-0.2, -0.15) is 22.0 Å². The van der Waals surface area contributed by atoms with Crippen LogP contribution in [-0.4, -0.2) is 59.3 Å². The second-order valence-corrected chi connectivity index (χ2v) is 7.63. The van der Waals surface area contributed by atoms with Gasteiger partial charge in [0.1, 0.15) is 6.04 Å². The Balaban J connectivity index is 3.01. The maximum atomic E-state index is 13.5. The van der Waals surface area contributed by atoms with E-state index >= 15 is 0 Å². The van der Waals surface area contributed by atoms with Gasteiger partial charge in [-0.25, -0.2) is 0 Å². The number of halogens is 5. The highest BCUT2D eigenvalue weighted by molar-refractivity contribution is 5.97. The number of rotatable bonds is 7. The van der Waals surface area contributed by atoms with Crippen LogP contribution in [-0.2, 0) is 14.4 Å². The second kappa shape index (κ2) is 8.71. The van der Waals surface area contributed by atoms with Crippen LogP contribution in [0.25, 0.3) is 0 Å². The lowest BCUT2D eigenvalue weighted by atomic mass is 9.95. The molecule has 0 aliphatic carbocycles. The number of carbonyl (C=O) groups is 3. The van der Waals surface area contributed by atoms with E-state index in [2.05, 4.69) is 0 Å². The molecule has 2 amide bonds. The van der Waals surface area contributed by atoms with Crippen molar-refractivity contribution in [3.05, 3.63) is 0 Å². The predicted octanol–water partition coefficient (Wildman–Crippen LogP) is 1.87. The molecule has 0 radical (unpaired) electrons. The predicted molar refractivity (Wildman–Crippen MR) is 90.3 cm³/mol. The molecule has 6 nitrogen and oxygen atoms in total. The topological polar surface area (TPSA) is 92.5 Å². The van der Waals surface area contributed by atoms with Gasteiger partial charge in [0.05, 0.1) is 12.1 Å². The summed E-state index contributed by atoms with van der Waals surface area (Å²) >= 11 is 0. The molecular weight excluding hydrogens is 389 g/mol. The molecule has 1 heterocycles. The Morgan fingerprint density at radius 2 is 1.57 bits per heavy atom. The molecule has 0 spiro atoms. The van der Waals surface area contributed by atoms with Gasteiger partial charge in [-0.1, -0.05) is 27.7 Å². The van der Waals surface area contributed by atoms with E-state index in [0.29, 0.717) is 6.42 Å². The molecule has 1 aliphatic heterocycles. The van der Waals surface area contributed by atoms with Crippen molar-refractivity contribution in [2.75, 3.05) is 6.54 Å². The molecule has 1 saturated heterocycles. The lowest BCUT2D eigenvalue weighted by Gasteiger charge is -2.31. The summed E-state index contributed by atoms with van der Waals surface area (Å²) in [6.07, 6.45) is -5.44. The minimum absolute atomic E-state index is 0.192. The number of nitrogens with one attached hydrogen (secondary N) is 1. The van der Waals surface area contributed by atoms with Crippen LogP contribution in [0.5, 0.6) is 0 Å². The van der Waals surface area contributed by atoms with Crippen LogP contribution in [0.15, 0.2) is 0 Å². The average Bonchev–Trinajstić information content (AvgIpc) is 3.05. The third-order valence-electron chi connectivity index (χ3n) is 4.75. The van der Waals surface area contributed by atoms with Crippen molar-refractivity contribution in [3.8, 4) is 0 Å². The Morgan fingerprint density at radius 1 is 1.04 bits per heavy atom. The first-order valence-electron chi connectivity index (χ1n) is 8.98. The molecule has 3 atom stereocenters. The standard InChI is InChI=1S/C17H26F5N3O3/c1-8(2)11(23)15(28)25-7-5-6-10(25)14(27)24-12(9(3)4)13(26)16(18,19)17(20,21)22/h8-12H,5-7,23H2,1-4H3,(H,24,27)/t10-,11-,12?/m0/s1. The summed E-state index contributed by atoms with van der Waals surface area (Å²) in [6, 6.07) is -4.02. The second-order valence-electron chi connectivity index (χ2n) is 7.63. The maximum Gasteiger partial charge on any atom is 0.461 e. The normalized spacial score (nSPS) is 20.4. The van der Waals surface area contributed by atoms with Crippen LogP contribution in [0, 0.1) is 11.8 Å². The molecule has 0 aromatic carbocycles. The summed E-state index contributed by atoms with van der Waals surface area (Å²) in [7, 11) is 0. The van der Waals surface area contributed by atoms with Crippen molar-refractivity contribution in [2.24, 2.45) is 17.6 Å². The molecular formula is C17H26F5N3O3. The maximum absolute atomic E-state index is 13.5. The molecule has 162 valence electrons. The van der Waals surface area contributed by atoms with Crippen molar-refractivity contribution in [3.63, 3.8) is 0 Å². The monoisotopic (exact) mass is 415 g/mol. The van der Waals surface area contributed by atoms with Crippen molar-refractivity contribution < 1.29 is 36.3 Å². The van der Waals surface area contributed by atoms with Crippen molar-refractivity contribution in [1.82, 2.24) is 10.2 Å². The van der Waals surface area contributed by atoms with E-state index in [1.807, 2.05) is 5.32 Å². The van der Waals surface area contributed by atoms with Gasteiger partial charge in [-0.15, -0.1) is 0 Å². The smallest absolute Gasteiger partial charge is 0.344 e. The minimum Gasteiger partial charge on any atom is -0.344 e. The number of hydrogen-bond donors (Lipinski definition) is 2. The molecule has 28 heavy (non-hydrogen) atoms. The van der Waals surface area contributed by atoms with Gasteiger partial charge in [0.15, 0.2) is 0 Å². The highest BCUT2D eigenvalue weighted by atomic mass is 19.4. The molecule has 0 saturated carbocycles. The van der Waals surface area contributed by atoms with Gasteiger partial charge < -0.3 is 16.0 Å². The first kappa shape index (κ1) is 24.3. The fraction of sp³-hybridized carbons (Fsp3) is 0.824. The molecule has 3 N–H and O–H groups in total. The number of nitrogens with zero attached hydrogens (tertiary/aromatic N) is 1. The van der Waals surface area contributed by atoms with E-state index < -0.39 is 53.7 Å². The Hall–Kier alpha value is -1.78. The van der Waals surface area contributed by atoms with Crippen LogP contribution in [0.3, 0.4) is 0 Å². The Morgan fingerprint density at radius 3 is 2.00 bits per heavy atom. The Kier molecular flexibility index (Phi) is 7.54. The third-order valence-corrected chi connectivity index (χ3v) is 4.75. The molecule has 0 aromatic heterocycles. The van der Waals surface area contributed by atoms with Gasteiger partial charge in [0.25, 0.3) is 0 Å². The van der Waals surface area contributed by atoms with Crippen LogP contribution >= 0.6 is 0 Å². The van der Waals surface area contributed by atoms with Crippen molar-refractivity contribution in [2.45, 2.75) is 70.8 Å². The van der Waals surface area contributed by atoms with Crippen molar-refractivity contribution in [1.29, 1.82) is 0 Å². The molecule has 0 aromatic rings. The minimum atomic E-state index is -6.07. The summed E-state index contributed by atoms with van der Waals surface area (Å²) in [5.41, 5.74) is 5.80. The molecule has 1 unspecified atom stereocenters. The van der Waals surface area contributed by atoms with E-state index in [9.17, 15) is 36.3 Å². The first-order chi connectivity index (χ1) is 12.6. The zero-order valence-corrected chi connectivity index (χ0v) is 16.1. The number of likely N-dealkylation sites (tertiary alicyclic amines) is 1. The zero-order valence-electron chi connectivity index (χ0n) is 16.1. The van der Waals surface area contributed by atoms with Gasteiger partial charge in [-0.05, 0) is 24.7 Å². The van der Waals surface area contributed by atoms with E-state index in [1.165, 1.54) is 18.7 Å². The van der Waals surface area contributed by atoms with Gasteiger partial charge >= 0.3 is 12.1 Å². The molecule has 0 bridgehead atoms. The zero-order chi connectivity index (χ0) is 22.0. The summed E-state index contributed by atoms with van der Waals surface area (Å²) in [5.74, 6) is -10.7. The third kappa shape index (κ3) is 4.98. The Bertz CT molecular complexity index is 607. The summed E-state index contributed by atoms with van der Waals surface area (Å²) in [4.78, 5) is 38.0. The largest absolute Gasteiger partial charge is 0.461 e. The van der Waals surface area contributed by atoms with Crippen LogP contribution in [0.2, 0.25) is 0 Å². The van der Waals surface area contributed by atoms with Crippen LogP contribution in [0.1, 0.15) is 40.5 Å². The lowest BCUT2D eigenvalue weighted by molar-refractivity contribution is -0.270. The SMILES string of the molecule is CC(C)C(NC(=O)[C@@H]1CCCN1C(=O)[C@@H](N)C(C)C)C(=O)C(F)(F)C(F)(F)F. The molecule has 11 heteroatoms. The number of alkyl halides is 5. The number of amides is 2. The number of carbonyl (C=O) groups excluding carboxylic acids is 3. The molecule has 1 rings (SSSR count). The summed E-state index contributed by atoms with van der Waals surface area (Å²) in [5, 5.41) is 1.99. The van der Waals surface area contributed by atoms with Crippen LogP contribution < -0.4 is 11.1 Å². The van der Waals surface area contributed by atoms with E-state index in [-0.39, 0.29) is 18.9 Å². The van der Waals surface area contributed by atoms with E-state index in [1.54, 1.807) is 13.8 Å². The van der Waals surface area contributed by atoms with Crippen LogP contribution in [0.4, 0.5) is 22.0 Å². The van der Waals surface area contributed by atoms with E-state index in [0.717, 1.165) is 0 Å².